The number of aromatic nitrogens is 1. The smallest absolute Gasteiger partial charge is 0.257 e. The van der Waals surface area contributed by atoms with Crippen molar-refractivity contribution in [3.8, 4) is 0 Å². The summed E-state index contributed by atoms with van der Waals surface area (Å²) >= 11 is 12.6. The Kier molecular flexibility index (Phi) is 7.14. The first-order chi connectivity index (χ1) is 16.1. The number of benzene rings is 2. The van der Waals surface area contributed by atoms with E-state index < -0.39 is 15.0 Å². The van der Waals surface area contributed by atoms with Gasteiger partial charge < -0.3 is 10.2 Å². The number of amides is 1. The van der Waals surface area contributed by atoms with Gasteiger partial charge in [-0.3, -0.25) is 4.79 Å². The summed E-state index contributed by atoms with van der Waals surface area (Å²) in [7, 11) is -4.21. The predicted molar refractivity (Wildman–Crippen MR) is 134 cm³/mol. The van der Waals surface area contributed by atoms with Crippen molar-refractivity contribution in [2.45, 2.75) is 30.7 Å². The van der Waals surface area contributed by atoms with E-state index in [1.165, 1.54) is 11.8 Å². The molecule has 0 spiro atoms. The molecule has 1 amide bonds. The maximum absolute atomic E-state index is 13.5. The van der Waals surface area contributed by atoms with Crippen molar-refractivity contribution in [2.75, 3.05) is 18.4 Å². The van der Waals surface area contributed by atoms with Gasteiger partial charge in [0.15, 0.2) is 5.03 Å². The van der Waals surface area contributed by atoms with Gasteiger partial charge in [0.2, 0.25) is 0 Å². The molecule has 3 N–H and O–H groups in total. The molecule has 0 saturated carbocycles. The van der Waals surface area contributed by atoms with Crippen LogP contribution in [0.1, 0.15) is 40.2 Å². The summed E-state index contributed by atoms with van der Waals surface area (Å²) in [6.07, 6.45) is 2.85. The lowest BCUT2D eigenvalue weighted by Gasteiger charge is -2.33. The van der Waals surface area contributed by atoms with Gasteiger partial charge in [0, 0.05) is 30.0 Å². The minimum atomic E-state index is -4.21. The number of piperidine rings is 1. The number of pyridine rings is 1. The van der Waals surface area contributed by atoms with Gasteiger partial charge in [-0.1, -0.05) is 59.6 Å². The van der Waals surface area contributed by atoms with E-state index in [2.05, 4.69) is 22.4 Å². The Morgan fingerprint density at radius 2 is 1.79 bits per heavy atom. The van der Waals surface area contributed by atoms with E-state index >= 15 is 0 Å². The number of hydrogen-bond acceptors (Lipinski definition) is 5. The molecule has 2 heterocycles. The van der Waals surface area contributed by atoms with Crippen molar-refractivity contribution >= 4 is 50.5 Å². The first-order valence-electron chi connectivity index (χ1n) is 10.7. The van der Waals surface area contributed by atoms with Crippen LogP contribution in [0.2, 0.25) is 10.0 Å². The van der Waals surface area contributed by atoms with Gasteiger partial charge in [-0.05, 0) is 48.9 Å². The molecule has 1 aliphatic rings. The molecule has 0 unspecified atom stereocenters. The topological polar surface area (TPSA) is 105 Å². The molecule has 1 saturated heterocycles. The van der Waals surface area contributed by atoms with Crippen molar-refractivity contribution in [1.29, 1.82) is 0 Å². The van der Waals surface area contributed by atoms with E-state index in [-0.39, 0.29) is 22.2 Å². The van der Waals surface area contributed by atoms with Gasteiger partial charge in [-0.25, -0.2) is 18.5 Å². The fourth-order valence-electron chi connectivity index (χ4n) is 4.13. The second-order valence-electron chi connectivity index (χ2n) is 8.27. The maximum Gasteiger partial charge on any atom is 0.257 e. The summed E-state index contributed by atoms with van der Waals surface area (Å²) in [6.45, 7) is 2.97. The number of hydrogen-bond donors (Lipinski definition) is 2. The summed E-state index contributed by atoms with van der Waals surface area (Å²) in [4.78, 5) is 19.1. The molecule has 2 aromatic carbocycles. The molecule has 4 rings (SSSR count). The van der Waals surface area contributed by atoms with Crippen LogP contribution in [0.25, 0.3) is 0 Å². The number of nitrogens with two attached hydrogens (primary N) is 1. The highest BCUT2D eigenvalue weighted by atomic mass is 35.5. The van der Waals surface area contributed by atoms with Gasteiger partial charge >= 0.3 is 0 Å². The monoisotopic (exact) mass is 518 g/mol. The number of likely N-dealkylation sites (tertiary alicyclic amines) is 1. The number of carbonyl (C=O) groups is 1. The molecule has 0 aliphatic carbocycles. The van der Waals surface area contributed by atoms with E-state index in [1.54, 1.807) is 23.1 Å². The third kappa shape index (κ3) is 5.20. The summed E-state index contributed by atoms with van der Waals surface area (Å²) in [5, 5.41) is 8.11. The molecule has 7 nitrogen and oxygen atoms in total. The van der Waals surface area contributed by atoms with Crippen LogP contribution in [0.15, 0.2) is 59.8 Å². The second kappa shape index (κ2) is 9.92. The van der Waals surface area contributed by atoms with Crippen LogP contribution in [-0.4, -0.2) is 37.3 Å². The number of primary sulfonamides is 1. The number of anilines is 2. The number of carbonyl (C=O) groups excluding carboxylic acids is 1. The van der Waals surface area contributed by atoms with Gasteiger partial charge in [-0.2, -0.15) is 0 Å². The lowest BCUT2D eigenvalue weighted by atomic mass is 9.89. The van der Waals surface area contributed by atoms with Crippen molar-refractivity contribution in [3.63, 3.8) is 0 Å². The van der Waals surface area contributed by atoms with E-state index in [4.69, 9.17) is 28.3 Å². The standard InChI is InChI=1S/C24H24Cl2N4O3S/c1-15-7-8-18(25)13-20(15)29-22-19(14-28-23(21(22)26)34(27,32)33)24(31)30-11-9-17(10-12-30)16-5-3-2-4-6-16/h2-8,13-14,17H,9-12H2,1H3,(H,28,29)(H2,27,32,33). The molecule has 1 aromatic heterocycles. The van der Waals surface area contributed by atoms with Crippen molar-refractivity contribution in [2.24, 2.45) is 5.14 Å². The zero-order valence-electron chi connectivity index (χ0n) is 18.5. The summed E-state index contributed by atoms with van der Waals surface area (Å²) in [5.74, 6) is 0.0903. The minimum absolute atomic E-state index is 0.126. The molecule has 178 valence electrons. The molecule has 3 aromatic rings. The van der Waals surface area contributed by atoms with Crippen LogP contribution in [0, 0.1) is 6.92 Å². The van der Waals surface area contributed by atoms with Crippen LogP contribution < -0.4 is 10.5 Å². The fraction of sp³-hybridized carbons (Fsp3) is 0.250. The molecule has 10 heteroatoms. The largest absolute Gasteiger partial charge is 0.353 e. The van der Waals surface area contributed by atoms with Crippen LogP contribution in [0.4, 0.5) is 11.4 Å². The lowest BCUT2D eigenvalue weighted by molar-refractivity contribution is 0.0713. The Morgan fingerprint density at radius 1 is 1.12 bits per heavy atom. The number of aryl methyl sites for hydroxylation is 1. The number of nitrogens with zero attached hydrogens (tertiary/aromatic N) is 2. The SMILES string of the molecule is Cc1ccc(Cl)cc1Nc1c(C(=O)N2CCC(c3ccccc3)CC2)cnc(S(N)(=O)=O)c1Cl. The lowest BCUT2D eigenvalue weighted by Crippen LogP contribution is -2.38. The molecule has 0 atom stereocenters. The number of halogens is 2. The highest BCUT2D eigenvalue weighted by Crippen LogP contribution is 2.36. The summed E-state index contributed by atoms with van der Waals surface area (Å²) < 4.78 is 24.0. The Hall–Kier alpha value is -2.65. The number of sulfonamides is 1. The molecule has 0 radical (unpaired) electrons. The van der Waals surface area contributed by atoms with Crippen LogP contribution in [0.5, 0.6) is 0 Å². The molecular weight excluding hydrogens is 495 g/mol. The average molecular weight is 519 g/mol. The van der Waals surface area contributed by atoms with Crippen LogP contribution in [-0.2, 0) is 10.0 Å². The third-order valence-corrected chi connectivity index (χ3v) is 7.56. The first-order valence-corrected chi connectivity index (χ1v) is 13.0. The van der Waals surface area contributed by atoms with E-state index in [0.29, 0.717) is 29.7 Å². The Bertz CT molecular complexity index is 1330. The second-order valence-corrected chi connectivity index (χ2v) is 10.6. The highest BCUT2D eigenvalue weighted by Gasteiger charge is 2.29. The zero-order chi connectivity index (χ0) is 24.5. The highest BCUT2D eigenvalue weighted by molar-refractivity contribution is 7.89. The summed E-state index contributed by atoms with van der Waals surface area (Å²) in [5.41, 5.74) is 2.96. The van der Waals surface area contributed by atoms with Crippen molar-refractivity contribution in [3.05, 3.63) is 81.5 Å². The van der Waals surface area contributed by atoms with E-state index in [1.807, 2.05) is 25.1 Å². The third-order valence-electron chi connectivity index (χ3n) is 6.00. The fourth-order valence-corrected chi connectivity index (χ4v) is 5.37. The minimum Gasteiger partial charge on any atom is -0.353 e. The van der Waals surface area contributed by atoms with Crippen LogP contribution in [0.3, 0.4) is 0 Å². The van der Waals surface area contributed by atoms with E-state index in [9.17, 15) is 13.2 Å². The van der Waals surface area contributed by atoms with Gasteiger partial charge in [-0.15, -0.1) is 0 Å². The molecule has 1 aliphatic heterocycles. The molecule has 34 heavy (non-hydrogen) atoms. The number of nitrogens with one attached hydrogen (secondary N) is 1. The first kappa shape index (κ1) is 24.5. The predicted octanol–water partition coefficient (Wildman–Crippen LogP) is 5.11. The molecule has 1 fully saturated rings. The molecule has 0 bridgehead atoms. The Labute approximate surface area is 208 Å². The quantitative estimate of drug-likeness (QED) is 0.488. The van der Waals surface area contributed by atoms with Crippen molar-refractivity contribution < 1.29 is 13.2 Å². The van der Waals surface area contributed by atoms with Crippen molar-refractivity contribution in [1.82, 2.24) is 9.88 Å². The zero-order valence-corrected chi connectivity index (χ0v) is 20.8. The summed E-state index contributed by atoms with van der Waals surface area (Å²) in [6, 6.07) is 15.4. The Balaban J connectivity index is 1.66. The Morgan fingerprint density at radius 3 is 2.44 bits per heavy atom. The normalized spacial score (nSPS) is 14.8. The van der Waals surface area contributed by atoms with Gasteiger partial charge in [0.25, 0.3) is 15.9 Å². The van der Waals surface area contributed by atoms with E-state index in [0.717, 1.165) is 18.4 Å². The number of rotatable bonds is 5. The average Bonchev–Trinajstić information content (AvgIpc) is 2.82. The molecular formula is C24H24Cl2N4O3S. The van der Waals surface area contributed by atoms with Crippen LogP contribution >= 0.6 is 23.2 Å². The van der Waals surface area contributed by atoms with Gasteiger partial charge in [0.1, 0.15) is 5.02 Å². The van der Waals surface area contributed by atoms with Gasteiger partial charge in [0.05, 0.1) is 11.3 Å². The maximum atomic E-state index is 13.5.